The van der Waals surface area contributed by atoms with Crippen molar-refractivity contribution < 1.29 is 9.90 Å². The molecule has 0 saturated carbocycles. The first kappa shape index (κ1) is 9.92. The van der Waals surface area contributed by atoms with Crippen LogP contribution in [0.2, 0.25) is 0 Å². The predicted molar refractivity (Wildman–Crippen MR) is 55.5 cm³/mol. The molecule has 1 aromatic heterocycles. The summed E-state index contributed by atoms with van der Waals surface area (Å²) in [7, 11) is 0. The minimum absolute atomic E-state index is 0.210. The number of hydrogen-bond acceptors (Lipinski definition) is 3. The third-order valence-corrected chi connectivity index (χ3v) is 2.38. The summed E-state index contributed by atoms with van der Waals surface area (Å²) in [5.41, 5.74) is -0.197. The molecule has 2 rings (SSSR count). The minimum atomic E-state index is -1.21. The number of aliphatic hydroxyl groups is 1. The molecule has 1 unspecified atom stereocenters. The molecule has 1 saturated heterocycles. The van der Waals surface area contributed by atoms with Gasteiger partial charge in [-0.15, -0.1) is 0 Å². The van der Waals surface area contributed by atoms with Gasteiger partial charge in [0.1, 0.15) is 5.82 Å². The summed E-state index contributed by atoms with van der Waals surface area (Å²) in [6.45, 7) is 3.70. The van der Waals surface area contributed by atoms with Crippen molar-refractivity contribution in [3.8, 4) is 0 Å². The second kappa shape index (κ2) is 3.20. The molecule has 0 aromatic carbocycles. The number of carbonyl (C=O) groups is 1. The van der Waals surface area contributed by atoms with E-state index in [1.165, 1.54) is 4.90 Å². The molecule has 1 atom stereocenters. The van der Waals surface area contributed by atoms with Gasteiger partial charge >= 0.3 is 6.03 Å². The van der Waals surface area contributed by atoms with Crippen LogP contribution in [0.3, 0.4) is 0 Å². The number of anilines is 1. The molecule has 1 aliphatic heterocycles. The zero-order valence-electron chi connectivity index (χ0n) is 8.69. The number of nitrogens with zero attached hydrogens (tertiary/aromatic N) is 2. The maximum atomic E-state index is 11.5. The lowest BCUT2D eigenvalue weighted by atomic mass is 10.2. The molecule has 2 heterocycles. The molecule has 1 aromatic rings. The average molecular weight is 207 g/mol. The van der Waals surface area contributed by atoms with Crippen LogP contribution in [0.5, 0.6) is 0 Å². The molecular weight excluding hydrogens is 194 g/mol. The van der Waals surface area contributed by atoms with E-state index >= 15 is 0 Å². The number of hydrogen-bond donors (Lipinski definition) is 2. The van der Waals surface area contributed by atoms with Crippen LogP contribution in [-0.2, 0) is 0 Å². The van der Waals surface area contributed by atoms with Crippen LogP contribution in [0.1, 0.15) is 12.5 Å². The van der Waals surface area contributed by atoms with Gasteiger partial charge in [0, 0.05) is 6.20 Å². The molecule has 0 spiro atoms. The van der Waals surface area contributed by atoms with Gasteiger partial charge in [0.25, 0.3) is 0 Å². The summed E-state index contributed by atoms with van der Waals surface area (Å²) < 4.78 is 0. The molecule has 80 valence electrons. The highest BCUT2D eigenvalue weighted by Crippen LogP contribution is 2.23. The Bertz CT molecular complexity index is 386. The number of aromatic nitrogens is 1. The van der Waals surface area contributed by atoms with Crippen molar-refractivity contribution in [3.05, 3.63) is 23.9 Å². The maximum Gasteiger partial charge on any atom is 0.325 e. The van der Waals surface area contributed by atoms with Crippen LogP contribution in [-0.4, -0.2) is 28.4 Å². The summed E-state index contributed by atoms with van der Waals surface area (Å²) in [6.07, 6.45) is 1.66. The SMILES string of the molecule is Cc1ccc(N2C(=O)NCC2(C)O)nc1. The predicted octanol–water partition coefficient (Wildman–Crippen LogP) is 0.628. The van der Waals surface area contributed by atoms with E-state index in [1.54, 1.807) is 19.2 Å². The van der Waals surface area contributed by atoms with E-state index in [2.05, 4.69) is 10.3 Å². The van der Waals surface area contributed by atoms with Gasteiger partial charge in [-0.05, 0) is 25.5 Å². The van der Waals surface area contributed by atoms with Gasteiger partial charge in [0.2, 0.25) is 0 Å². The molecule has 1 fully saturated rings. The summed E-state index contributed by atoms with van der Waals surface area (Å²) in [6, 6.07) is 3.25. The molecule has 2 N–H and O–H groups in total. The Balaban J connectivity index is 2.37. The van der Waals surface area contributed by atoms with Crippen LogP contribution < -0.4 is 10.2 Å². The van der Waals surface area contributed by atoms with Gasteiger partial charge in [-0.2, -0.15) is 0 Å². The normalized spacial score (nSPS) is 25.5. The summed E-state index contributed by atoms with van der Waals surface area (Å²) >= 11 is 0. The van der Waals surface area contributed by atoms with Crippen LogP contribution in [0.25, 0.3) is 0 Å². The Labute approximate surface area is 87.7 Å². The zero-order chi connectivity index (χ0) is 11.1. The molecule has 0 radical (unpaired) electrons. The topological polar surface area (TPSA) is 65.5 Å². The maximum absolute atomic E-state index is 11.5. The van der Waals surface area contributed by atoms with E-state index in [-0.39, 0.29) is 12.6 Å². The molecule has 1 aliphatic rings. The smallest absolute Gasteiger partial charge is 0.325 e. The van der Waals surface area contributed by atoms with Crippen molar-refractivity contribution in [2.75, 3.05) is 11.4 Å². The van der Waals surface area contributed by atoms with E-state index < -0.39 is 5.72 Å². The fourth-order valence-corrected chi connectivity index (χ4v) is 1.56. The number of pyridine rings is 1. The molecular formula is C10H13N3O2. The second-order valence-electron chi connectivity index (χ2n) is 3.90. The lowest BCUT2D eigenvalue weighted by molar-refractivity contribution is 0.0852. The first-order valence-corrected chi connectivity index (χ1v) is 4.74. The Morgan fingerprint density at radius 2 is 2.33 bits per heavy atom. The fraction of sp³-hybridized carbons (Fsp3) is 0.400. The van der Waals surface area contributed by atoms with Gasteiger partial charge < -0.3 is 10.4 Å². The number of amides is 2. The fourth-order valence-electron chi connectivity index (χ4n) is 1.56. The van der Waals surface area contributed by atoms with Crippen LogP contribution >= 0.6 is 0 Å². The molecule has 5 nitrogen and oxygen atoms in total. The molecule has 0 aliphatic carbocycles. The Kier molecular flexibility index (Phi) is 2.12. The third-order valence-electron chi connectivity index (χ3n) is 2.38. The van der Waals surface area contributed by atoms with Crippen LogP contribution in [0.4, 0.5) is 10.6 Å². The third kappa shape index (κ3) is 1.66. The van der Waals surface area contributed by atoms with Crippen molar-refractivity contribution in [1.82, 2.24) is 10.3 Å². The molecule has 0 bridgehead atoms. The monoisotopic (exact) mass is 207 g/mol. The molecule has 5 heteroatoms. The summed E-state index contributed by atoms with van der Waals surface area (Å²) in [5.74, 6) is 0.459. The number of β-amino-alcohol motifs (C(OH)–C–C–N with tert-alkyl or cyclic N) is 1. The minimum Gasteiger partial charge on any atom is -0.369 e. The first-order valence-electron chi connectivity index (χ1n) is 4.74. The average Bonchev–Trinajstić information content (AvgIpc) is 2.43. The van der Waals surface area contributed by atoms with Crippen LogP contribution in [0, 0.1) is 6.92 Å². The number of rotatable bonds is 1. The molecule has 15 heavy (non-hydrogen) atoms. The van der Waals surface area contributed by atoms with Crippen molar-refractivity contribution in [3.63, 3.8) is 0 Å². The number of nitrogens with one attached hydrogen (secondary N) is 1. The highest BCUT2D eigenvalue weighted by atomic mass is 16.3. The summed E-state index contributed by atoms with van der Waals surface area (Å²) in [5, 5.41) is 12.5. The van der Waals surface area contributed by atoms with E-state index in [0.29, 0.717) is 5.82 Å². The second-order valence-corrected chi connectivity index (χ2v) is 3.90. The van der Waals surface area contributed by atoms with Crippen molar-refractivity contribution in [2.45, 2.75) is 19.6 Å². The van der Waals surface area contributed by atoms with Gasteiger partial charge in [-0.25, -0.2) is 14.7 Å². The summed E-state index contributed by atoms with van der Waals surface area (Å²) in [4.78, 5) is 16.9. The Hall–Kier alpha value is -1.62. The van der Waals surface area contributed by atoms with E-state index in [0.717, 1.165) is 5.56 Å². The Morgan fingerprint density at radius 3 is 2.80 bits per heavy atom. The van der Waals surface area contributed by atoms with Gasteiger partial charge in [-0.3, -0.25) is 0 Å². The lowest BCUT2D eigenvalue weighted by Crippen LogP contribution is -2.45. The van der Waals surface area contributed by atoms with Crippen molar-refractivity contribution in [2.24, 2.45) is 0 Å². The zero-order valence-corrected chi connectivity index (χ0v) is 8.69. The highest BCUT2D eigenvalue weighted by Gasteiger charge is 2.41. The number of urea groups is 1. The van der Waals surface area contributed by atoms with Gasteiger partial charge in [-0.1, -0.05) is 6.07 Å². The largest absolute Gasteiger partial charge is 0.369 e. The number of aryl methyl sites for hydroxylation is 1. The van der Waals surface area contributed by atoms with Crippen molar-refractivity contribution in [1.29, 1.82) is 0 Å². The molecule has 2 amide bonds. The van der Waals surface area contributed by atoms with Gasteiger partial charge in [0.05, 0.1) is 6.54 Å². The quantitative estimate of drug-likeness (QED) is 0.709. The van der Waals surface area contributed by atoms with E-state index in [9.17, 15) is 9.90 Å². The first-order chi connectivity index (χ1) is 7.00. The van der Waals surface area contributed by atoms with Gasteiger partial charge in [0.15, 0.2) is 5.72 Å². The standard InChI is InChI=1S/C10H13N3O2/c1-7-3-4-8(11-5-7)13-9(14)12-6-10(13,2)15/h3-5,15H,6H2,1-2H3,(H,12,14). The van der Waals surface area contributed by atoms with Crippen LogP contribution in [0.15, 0.2) is 18.3 Å². The number of carbonyl (C=O) groups excluding carboxylic acids is 1. The highest BCUT2D eigenvalue weighted by molar-refractivity contribution is 5.94. The van der Waals surface area contributed by atoms with E-state index in [4.69, 9.17) is 0 Å². The lowest BCUT2D eigenvalue weighted by Gasteiger charge is -2.26. The van der Waals surface area contributed by atoms with E-state index in [1.807, 2.05) is 13.0 Å². The van der Waals surface area contributed by atoms with Crippen molar-refractivity contribution >= 4 is 11.8 Å². The Morgan fingerprint density at radius 1 is 1.60 bits per heavy atom.